The third-order valence-corrected chi connectivity index (χ3v) is 3.08. The van der Waals surface area contributed by atoms with E-state index >= 15 is 0 Å². The van der Waals surface area contributed by atoms with Crippen LogP contribution in [0, 0.1) is 0 Å². The van der Waals surface area contributed by atoms with Gasteiger partial charge in [0.1, 0.15) is 0 Å². The van der Waals surface area contributed by atoms with Crippen LogP contribution < -0.4 is 10.6 Å². The molecule has 18 heavy (non-hydrogen) atoms. The molecule has 0 aliphatic carbocycles. The van der Waals surface area contributed by atoms with E-state index in [0.717, 1.165) is 44.2 Å². The van der Waals surface area contributed by atoms with E-state index in [9.17, 15) is 0 Å². The molecule has 0 amide bonds. The zero-order valence-corrected chi connectivity index (χ0v) is 11.1. The molecule has 0 bridgehead atoms. The first kappa shape index (κ1) is 13.1. The van der Waals surface area contributed by atoms with Crippen LogP contribution in [-0.2, 0) is 4.74 Å². The number of morpholine rings is 1. The standard InChI is InChI=1S/C13H22N4O/c1-11(10-17-3-5-18-6-4-17)16-13-7-12(14-2)8-15-9-13/h7-9,11,14,16H,3-6,10H2,1-2H3. The summed E-state index contributed by atoms with van der Waals surface area (Å²) in [5.74, 6) is 0. The van der Waals surface area contributed by atoms with Crippen LogP contribution in [0.25, 0.3) is 0 Å². The molecular formula is C13H22N4O. The summed E-state index contributed by atoms with van der Waals surface area (Å²) in [4.78, 5) is 6.62. The molecule has 1 aromatic heterocycles. The number of anilines is 2. The zero-order chi connectivity index (χ0) is 12.8. The van der Waals surface area contributed by atoms with Gasteiger partial charge in [-0.05, 0) is 13.0 Å². The fourth-order valence-corrected chi connectivity index (χ4v) is 2.16. The Labute approximate surface area is 109 Å². The molecule has 1 aromatic rings. The van der Waals surface area contributed by atoms with Crippen molar-refractivity contribution in [1.82, 2.24) is 9.88 Å². The molecule has 2 heterocycles. The molecule has 2 rings (SSSR count). The first-order valence-corrected chi connectivity index (χ1v) is 6.47. The van der Waals surface area contributed by atoms with Crippen LogP contribution >= 0.6 is 0 Å². The fraction of sp³-hybridized carbons (Fsp3) is 0.615. The van der Waals surface area contributed by atoms with Gasteiger partial charge in [0.15, 0.2) is 0 Å². The van der Waals surface area contributed by atoms with E-state index in [1.807, 2.05) is 19.4 Å². The molecule has 1 aliphatic rings. The summed E-state index contributed by atoms with van der Waals surface area (Å²) in [6.07, 6.45) is 3.68. The summed E-state index contributed by atoms with van der Waals surface area (Å²) in [5.41, 5.74) is 2.08. The molecule has 0 aromatic carbocycles. The third-order valence-electron chi connectivity index (χ3n) is 3.08. The molecule has 0 spiro atoms. The minimum Gasteiger partial charge on any atom is -0.387 e. The Kier molecular flexibility index (Phi) is 4.78. The van der Waals surface area contributed by atoms with Crippen molar-refractivity contribution in [2.75, 3.05) is 50.5 Å². The molecule has 0 saturated carbocycles. The summed E-state index contributed by atoms with van der Waals surface area (Å²) in [6.45, 7) is 6.99. The van der Waals surface area contributed by atoms with Crippen molar-refractivity contribution in [1.29, 1.82) is 0 Å². The maximum absolute atomic E-state index is 5.35. The maximum Gasteiger partial charge on any atom is 0.0594 e. The van der Waals surface area contributed by atoms with Crippen LogP contribution in [0.5, 0.6) is 0 Å². The predicted octanol–water partition coefficient (Wildman–Crippen LogP) is 1.26. The van der Waals surface area contributed by atoms with Crippen LogP contribution in [0.1, 0.15) is 6.92 Å². The lowest BCUT2D eigenvalue weighted by Gasteiger charge is -2.29. The Hall–Kier alpha value is -1.33. The van der Waals surface area contributed by atoms with Gasteiger partial charge < -0.3 is 15.4 Å². The van der Waals surface area contributed by atoms with Crippen molar-refractivity contribution < 1.29 is 4.74 Å². The SMILES string of the molecule is CNc1cncc(NC(C)CN2CCOCC2)c1. The van der Waals surface area contributed by atoms with Gasteiger partial charge in [0.2, 0.25) is 0 Å². The molecule has 100 valence electrons. The van der Waals surface area contributed by atoms with E-state index in [4.69, 9.17) is 4.74 Å². The Morgan fingerprint density at radius 2 is 2.06 bits per heavy atom. The van der Waals surface area contributed by atoms with Gasteiger partial charge in [-0.3, -0.25) is 9.88 Å². The van der Waals surface area contributed by atoms with Crippen LogP contribution in [0.15, 0.2) is 18.5 Å². The highest BCUT2D eigenvalue weighted by molar-refractivity contribution is 5.53. The second-order valence-electron chi connectivity index (χ2n) is 4.67. The zero-order valence-electron chi connectivity index (χ0n) is 11.1. The molecule has 1 fully saturated rings. The van der Waals surface area contributed by atoms with Crippen LogP contribution in [0.2, 0.25) is 0 Å². The maximum atomic E-state index is 5.35. The van der Waals surface area contributed by atoms with Crippen molar-refractivity contribution in [2.45, 2.75) is 13.0 Å². The number of hydrogen-bond donors (Lipinski definition) is 2. The van der Waals surface area contributed by atoms with Crippen LogP contribution in [0.4, 0.5) is 11.4 Å². The van der Waals surface area contributed by atoms with Crippen molar-refractivity contribution in [2.24, 2.45) is 0 Å². The van der Waals surface area contributed by atoms with E-state index in [1.54, 1.807) is 0 Å². The van der Waals surface area contributed by atoms with E-state index < -0.39 is 0 Å². The average molecular weight is 250 g/mol. The number of nitrogens with one attached hydrogen (secondary N) is 2. The summed E-state index contributed by atoms with van der Waals surface area (Å²) in [5, 5.41) is 6.57. The van der Waals surface area contributed by atoms with E-state index in [0.29, 0.717) is 6.04 Å². The van der Waals surface area contributed by atoms with Crippen LogP contribution in [-0.4, -0.2) is 55.8 Å². The molecule has 1 unspecified atom stereocenters. The number of hydrogen-bond acceptors (Lipinski definition) is 5. The third kappa shape index (κ3) is 3.85. The molecule has 5 heteroatoms. The smallest absolute Gasteiger partial charge is 0.0594 e. The number of rotatable bonds is 5. The Morgan fingerprint density at radius 1 is 1.33 bits per heavy atom. The quantitative estimate of drug-likeness (QED) is 0.824. The molecule has 1 atom stereocenters. The van der Waals surface area contributed by atoms with Gasteiger partial charge in [0, 0.05) is 32.7 Å². The second kappa shape index (κ2) is 6.56. The Morgan fingerprint density at radius 3 is 2.78 bits per heavy atom. The summed E-state index contributed by atoms with van der Waals surface area (Å²) in [7, 11) is 1.90. The number of nitrogens with zero attached hydrogens (tertiary/aromatic N) is 2. The molecule has 2 N–H and O–H groups in total. The van der Waals surface area contributed by atoms with Gasteiger partial charge in [-0.1, -0.05) is 0 Å². The second-order valence-corrected chi connectivity index (χ2v) is 4.67. The van der Waals surface area contributed by atoms with E-state index in [2.05, 4.69) is 33.5 Å². The topological polar surface area (TPSA) is 49.4 Å². The van der Waals surface area contributed by atoms with Gasteiger partial charge in [-0.15, -0.1) is 0 Å². The van der Waals surface area contributed by atoms with Gasteiger partial charge in [-0.25, -0.2) is 0 Å². The Balaban J connectivity index is 1.83. The summed E-state index contributed by atoms with van der Waals surface area (Å²) in [6, 6.07) is 2.47. The largest absolute Gasteiger partial charge is 0.387 e. The molecule has 1 saturated heterocycles. The lowest BCUT2D eigenvalue weighted by Crippen LogP contribution is -2.42. The summed E-state index contributed by atoms with van der Waals surface area (Å²) >= 11 is 0. The highest BCUT2D eigenvalue weighted by Gasteiger charge is 2.13. The number of pyridine rings is 1. The number of aromatic nitrogens is 1. The van der Waals surface area contributed by atoms with Crippen molar-refractivity contribution in [3.63, 3.8) is 0 Å². The first-order chi connectivity index (χ1) is 8.78. The van der Waals surface area contributed by atoms with Crippen molar-refractivity contribution in [3.8, 4) is 0 Å². The van der Waals surface area contributed by atoms with Gasteiger partial charge in [-0.2, -0.15) is 0 Å². The minimum atomic E-state index is 0.400. The van der Waals surface area contributed by atoms with Crippen LogP contribution in [0.3, 0.4) is 0 Å². The minimum absolute atomic E-state index is 0.400. The van der Waals surface area contributed by atoms with E-state index in [1.165, 1.54) is 0 Å². The lowest BCUT2D eigenvalue weighted by molar-refractivity contribution is 0.0368. The van der Waals surface area contributed by atoms with Gasteiger partial charge in [0.05, 0.1) is 37.0 Å². The fourth-order valence-electron chi connectivity index (χ4n) is 2.16. The van der Waals surface area contributed by atoms with E-state index in [-0.39, 0.29) is 0 Å². The molecule has 1 aliphatic heterocycles. The monoisotopic (exact) mass is 250 g/mol. The molecule has 0 radical (unpaired) electrons. The van der Waals surface area contributed by atoms with Gasteiger partial charge >= 0.3 is 0 Å². The molecular weight excluding hydrogens is 228 g/mol. The lowest BCUT2D eigenvalue weighted by atomic mass is 10.2. The normalized spacial score (nSPS) is 18.3. The average Bonchev–Trinajstić information content (AvgIpc) is 2.40. The summed E-state index contributed by atoms with van der Waals surface area (Å²) < 4.78 is 5.35. The molecule has 5 nitrogen and oxygen atoms in total. The predicted molar refractivity (Wildman–Crippen MR) is 74.1 cm³/mol. The highest BCUT2D eigenvalue weighted by atomic mass is 16.5. The number of ether oxygens (including phenoxy) is 1. The van der Waals surface area contributed by atoms with Crippen molar-refractivity contribution in [3.05, 3.63) is 18.5 Å². The first-order valence-electron chi connectivity index (χ1n) is 6.47. The highest BCUT2D eigenvalue weighted by Crippen LogP contribution is 2.13. The van der Waals surface area contributed by atoms with Crippen molar-refractivity contribution >= 4 is 11.4 Å². The van der Waals surface area contributed by atoms with Gasteiger partial charge in [0.25, 0.3) is 0 Å². The Bertz CT molecular complexity index is 366.